The average molecular weight is 464 g/mol. The largest absolute Gasteiger partial charge is 0.379 e. The molecule has 24 heavy (non-hydrogen) atoms. The molecule has 2 rings (SSSR count). The summed E-state index contributed by atoms with van der Waals surface area (Å²) in [5.74, 6) is 1.94. The summed E-state index contributed by atoms with van der Waals surface area (Å²) in [5, 5.41) is 6.65. The molecule has 1 heterocycles. The van der Waals surface area contributed by atoms with Gasteiger partial charge in [-0.05, 0) is 17.4 Å². The molecule has 7 heteroatoms. The van der Waals surface area contributed by atoms with Gasteiger partial charge in [0.15, 0.2) is 5.96 Å². The molecule has 2 N–H and O–H groups in total. The van der Waals surface area contributed by atoms with Crippen LogP contribution in [0.1, 0.15) is 11.1 Å². The van der Waals surface area contributed by atoms with Crippen molar-refractivity contribution in [1.29, 1.82) is 0 Å². The Balaban J connectivity index is 0.00000288. The highest BCUT2D eigenvalue weighted by atomic mass is 127. The highest BCUT2D eigenvalue weighted by Gasteiger charge is 2.10. The fourth-order valence-corrected chi connectivity index (χ4v) is 2.76. The number of thioether (sulfide) groups is 1. The van der Waals surface area contributed by atoms with E-state index in [0.717, 1.165) is 57.6 Å². The van der Waals surface area contributed by atoms with Gasteiger partial charge in [0, 0.05) is 45.5 Å². The second-order valence-electron chi connectivity index (χ2n) is 5.55. The topological polar surface area (TPSA) is 48.9 Å². The number of halogens is 1. The van der Waals surface area contributed by atoms with Gasteiger partial charge >= 0.3 is 0 Å². The smallest absolute Gasteiger partial charge is 0.191 e. The molecule has 1 aliphatic heterocycles. The predicted molar refractivity (Wildman–Crippen MR) is 115 cm³/mol. The number of rotatable bonds is 7. The van der Waals surface area contributed by atoms with Crippen molar-refractivity contribution in [2.45, 2.75) is 13.1 Å². The lowest BCUT2D eigenvalue weighted by Gasteiger charge is -2.26. The number of guanidine groups is 1. The summed E-state index contributed by atoms with van der Waals surface area (Å²) >= 11 is 1.83. The molecular weight excluding hydrogens is 435 g/mol. The van der Waals surface area contributed by atoms with E-state index in [0.29, 0.717) is 0 Å². The Morgan fingerprint density at radius 2 is 1.83 bits per heavy atom. The van der Waals surface area contributed by atoms with Gasteiger partial charge in [0.1, 0.15) is 0 Å². The van der Waals surface area contributed by atoms with Crippen LogP contribution in [0.3, 0.4) is 0 Å². The van der Waals surface area contributed by atoms with E-state index >= 15 is 0 Å². The second-order valence-corrected chi connectivity index (χ2v) is 6.54. The SMILES string of the molecule is CN=C(NCCSC)NCc1ccc(CN2CCOCC2)cc1.I. The first kappa shape index (κ1) is 21.5. The molecule has 136 valence electrons. The molecule has 0 aromatic heterocycles. The van der Waals surface area contributed by atoms with Gasteiger partial charge in [-0.1, -0.05) is 24.3 Å². The van der Waals surface area contributed by atoms with Gasteiger partial charge in [-0.3, -0.25) is 9.89 Å². The Kier molecular flexibility index (Phi) is 11.5. The normalized spacial score (nSPS) is 15.7. The molecule has 1 saturated heterocycles. The van der Waals surface area contributed by atoms with Crippen molar-refractivity contribution in [3.05, 3.63) is 35.4 Å². The monoisotopic (exact) mass is 464 g/mol. The van der Waals surface area contributed by atoms with E-state index in [1.165, 1.54) is 11.1 Å². The second kappa shape index (κ2) is 12.8. The summed E-state index contributed by atoms with van der Waals surface area (Å²) in [5.41, 5.74) is 2.63. The van der Waals surface area contributed by atoms with Crippen molar-refractivity contribution < 1.29 is 4.74 Å². The molecule has 0 amide bonds. The zero-order valence-corrected chi connectivity index (χ0v) is 17.7. The number of morpholine rings is 1. The maximum atomic E-state index is 5.39. The van der Waals surface area contributed by atoms with Crippen LogP contribution in [0.4, 0.5) is 0 Å². The van der Waals surface area contributed by atoms with Crippen LogP contribution in [0.15, 0.2) is 29.3 Å². The minimum absolute atomic E-state index is 0. The lowest BCUT2D eigenvalue weighted by Crippen LogP contribution is -2.37. The molecule has 0 spiro atoms. The molecule has 0 radical (unpaired) electrons. The zero-order chi connectivity index (χ0) is 16.3. The molecule has 0 aliphatic carbocycles. The summed E-state index contributed by atoms with van der Waals surface area (Å²) in [7, 11) is 1.81. The van der Waals surface area contributed by atoms with E-state index in [1.54, 1.807) is 7.05 Å². The lowest BCUT2D eigenvalue weighted by molar-refractivity contribution is 0.0342. The number of hydrogen-bond acceptors (Lipinski definition) is 4. The number of nitrogens with one attached hydrogen (secondary N) is 2. The van der Waals surface area contributed by atoms with E-state index in [-0.39, 0.29) is 24.0 Å². The van der Waals surface area contributed by atoms with E-state index in [1.807, 2.05) is 11.8 Å². The van der Waals surface area contributed by atoms with E-state index < -0.39 is 0 Å². The van der Waals surface area contributed by atoms with Crippen LogP contribution in [0.5, 0.6) is 0 Å². The van der Waals surface area contributed by atoms with Crippen LogP contribution in [-0.2, 0) is 17.8 Å². The molecule has 1 aliphatic rings. The van der Waals surface area contributed by atoms with Crippen LogP contribution >= 0.6 is 35.7 Å². The van der Waals surface area contributed by atoms with Crippen molar-refractivity contribution in [2.75, 3.05) is 51.9 Å². The first-order valence-electron chi connectivity index (χ1n) is 8.13. The van der Waals surface area contributed by atoms with Crippen LogP contribution < -0.4 is 10.6 Å². The first-order valence-corrected chi connectivity index (χ1v) is 9.52. The number of hydrogen-bond donors (Lipinski definition) is 2. The minimum Gasteiger partial charge on any atom is -0.379 e. The van der Waals surface area contributed by atoms with E-state index in [2.05, 4.69) is 51.0 Å². The van der Waals surface area contributed by atoms with Crippen LogP contribution in [-0.4, -0.2) is 62.8 Å². The molecule has 1 aromatic rings. The van der Waals surface area contributed by atoms with E-state index in [4.69, 9.17) is 4.74 Å². The summed E-state index contributed by atoms with van der Waals surface area (Å²) in [6.07, 6.45) is 2.11. The van der Waals surface area contributed by atoms with Gasteiger partial charge in [-0.15, -0.1) is 24.0 Å². The summed E-state index contributed by atoms with van der Waals surface area (Å²) in [6.45, 7) is 6.49. The van der Waals surface area contributed by atoms with Gasteiger partial charge in [0.05, 0.1) is 13.2 Å². The number of aliphatic imine (C=N–C) groups is 1. The number of ether oxygens (including phenoxy) is 1. The lowest BCUT2D eigenvalue weighted by atomic mass is 10.1. The van der Waals surface area contributed by atoms with Gasteiger partial charge in [0.2, 0.25) is 0 Å². The van der Waals surface area contributed by atoms with Gasteiger partial charge < -0.3 is 15.4 Å². The van der Waals surface area contributed by atoms with E-state index in [9.17, 15) is 0 Å². The molecule has 0 atom stereocenters. The Morgan fingerprint density at radius 3 is 2.46 bits per heavy atom. The average Bonchev–Trinajstić information content (AvgIpc) is 2.60. The first-order chi connectivity index (χ1) is 11.3. The van der Waals surface area contributed by atoms with Gasteiger partial charge in [-0.2, -0.15) is 11.8 Å². The zero-order valence-electron chi connectivity index (χ0n) is 14.6. The summed E-state index contributed by atoms with van der Waals surface area (Å²) in [4.78, 5) is 6.68. The minimum atomic E-state index is 0. The van der Waals surface area contributed by atoms with Crippen molar-refractivity contribution in [1.82, 2.24) is 15.5 Å². The summed E-state index contributed by atoms with van der Waals surface area (Å²) in [6, 6.07) is 8.82. The van der Waals surface area contributed by atoms with Crippen LogP contribution in [0.2, 0.25) is 0 Å². The maximum Gasteiger partial charge on any atom is 0.191 e. The summed E-state index contributed by atoms with van der Waals surface area (Å²) < 4.78 is 5.39. The fraction of sp³-hybridized carbons (Fsp3) is 0.588. The Bertz CT molecular complexity index is 478. The van der Waals surface area contributed by atoms with Crippen molar-refractivity contribution in [2.24, 2.45) is 4.99 Å². The molecular formula is C17H29IN4OS. The standard InChI is InChI=1S/C17H28N4OS.HI/c1-18-17(19-7-12-23-2)20-13-15-3-5-16(6-4-15)14-21-8-10-22-11-9-21;/h3-6H,7-14H2,1-2H3,(H2,18,19,20);1H. The Morgan fingerprint density at radius 1 is 1.17 bits per heavy atom. The molecule has 1 aromatic carbocycles. The van der Waals surface area contributed by atoms with Crippen molar-refractivity contribution in [3.8, 4) is 0 Å². The quantitative estimate of drug-likeness (QED) is 0.281. The third kappa shape index (κ3) is 8.04. The van der Waals surface area contributed by atoms with Crippen LogP contribution in [0.25, 0.3) is 0 Å². The highest BCUT2D eigenvalue weighted by Crippen LogP contribution is 2.09. The Hall–Kier alpha value is -0.510. The fourth-order valence-electron chi connectivity index (χ4n) is 2.46. The molecule has 0 unspecified atom stereocenters. The molecule has 0 bridgehead atoms. The van der Waals surface area contributed by atoms with Gasteiger partial charge in [-0.25, -0.2) is 0 Å². The molecule has 1 fully saturated rings. The van der Waals surface area contributed by atoms with Gasteiger partial charge in [0.25, 0.3) is 0 Å². The number of benzene rings is 1. The van der Waals surface area contributed by atoms with Crippen molar-refractivity contribution >= 4 is 41.7 Å². The highest BCUT2D eigenvalue weighted by molar-refractivity contribution is 14.0. The Labute approximate surface area is 167 Å². The predicted octanol–water partition coefficient (Wildman–Crippen LogP) is 2.16. The third-order valence-electron chi connectivity index (χ3n) is 3.82. The third-order valence-corrected chi connectivity index (χ3v) is 4.43. The van der Waals surface area contributed by atoms with Crippen molar-refractivity contribution in [3.63, 3.8) is 0 Å². The number of nitrogens with zero attached hydrogens (tertiary/aromatic N) is 2. The van der Waals surface area contributed by atoms with Crippen LogP contribution in [0, 0.1) is 0 Å². The maximum absolute atomic E-state index is 5.39. The molecule has 5 nitrogen and oxygen atoms in total. The molecule has 0 saturated carbocycles.